The fourth-order valence-electron chi connectivity index (χ4n) is 2.20. The molecule has 142 valence electrons. The number of hydrogen-bond acceptors (Lipinski definition) is 7. The number of nitrogens with zero attached hydrogens (tertiary/aromatic N) is 2. The fraction of sp³-hybridized carbons (Fsp3) is 0.222. The number of ether oxygens (including phenoxy) is 1. The number of aryl methyl sites for hydroxylation is 1. The maximum Gasteiger partial charge on any atom is 0.274 e. The summed E-state index contributed by atoms with van der Waals surface area (Å²) in [6.07, 6.45) is 1.11. The highest BCUT2D eigenvalue weighted by molar-refractivity contribution is 5.89. The number of methoxy groups -OCH3 is 1. The average molecular weight is 372 g/mol. The first-order chi connectivity index (χ1) is 12.8. The molecule has 0 aliphatic heterocycles. The third-order valence-corrected chi connectivity index (χ3v) is 3.73. The zero-order valence-electron chi connectivity index (χ0n) is 15.1. The quantitative estimate of drug-likeness (QED) is 0.389. The monoisotopic (exact) mass is 372 g/mol. The van der Waals surface area contributed by atoms with E-state index in [1.807, 2.05) is 31.2 Å². The van der Waals surface area contributed by atoms with Gasteiger partial charge in [0.1, 0.15) is 6.04 Å². The molecule has 1 amide bonds. The summed E-state index contributed by atoms with van der Waals surface area (Å²) >= 11 is 0. The average Bonchev–Trinajstić information content (AvgIpc) is 2.64. The van der Waals surface area contributed by atoms with Crippen LogP contribution in [-0.4, -0.2) is 35.3 Å². The highest BCUT2D eigenvalue weighted by Gasteiger charge is 2.16. The number of phenols is 1. The van der Waals surface area contributed by atoms with Gasteiger partial charge in [-0.15, -0.1) is 0 Å². The maximum absolute atomic E-state index is 12.1. The van der Waals surface area contributed by atoms with Gasteiger partial charge in [0.2, 0.25) is 0 Å². The first-order valence-corrected chi connectivity index (χ1v) is 8.03. The Morgan fingerprint density at radius 2 is 2.00 bits per heavy atom. The summed E-state index contributed by atoms with van der Waals surface area (Å²) in [6, 6.07) is 9.21. The van der Waals surface area contributed by atoms with Crippen LogP contribution in [0.2, 0.25) is 0 Å². The number of carbonyl (C=O) groups is 1. The topological polar surface area (TPSA) is 126 Å². The third-order valence-electron chi connectivity index (χ3n) is 3.73. The Kier molecular flexibility index (Phi) is 6.32. The van der Waals surface area contributed by atoms with Crippen LogP contribution in [0.1, 0.15) is 18.1 Å². The van der Waals surface area contributed by atoms with Crippen molar-refractivity contribution in [2.75, 3.05) is 12.4 Å². The minimum atomic E-state index is -0.620. The molecule has 0 heterocycles. The molecule has 0 radical (unpaired) electrons. The van der Waals surface area contributed by atoms with Gasteiger partial charge in [0, 0.05) is 17.3 Å². The zero-order valence-corrected chi connectivity index (χ0v) is 15.1. The highest BCUT2D eigenvalue weighted by Crippen LogP contribution is 2.33. The number of amides is 1. The smallest absolute Gasteiger partial charge is 0.274 e. The zero-order chi connectivity index (χ0) is 20.0. The van der Waals surface area contributed by atoms with Crippen LogP contribution in [0.3, 0.4) is 0 Å². The van der Waals surface area contributed by atoms with Crippen molar-refractivity contribution in [2.45, 2.75) is 19.9 Å². The van der Waals surface area contributed by atoms with E-state index in [1.165, 1.54) is 7.11 Å². The van der Waals surface area contributed by atoms with E-state index in [0.717, 1.165) is 29.6 Å². The molecular weight excluding hydrogens is 352 g/mol. The maximum atomic E-state index is 12.1. The summed E-state index contributed by atoms with van der Waals surface area (Å²) in [6.45, 7) is 3.63. The van der Waals surface area contributed by atoms with Gasteiger partial charge >= 0.3 is 0 Å². The lowest BCUT2D eigenvalue weighted by atomic mass is 10.2. The summed E-state index contributed by atoms with van der Waals surface area (Å²) in [5, 5.41) is 27.7. The molecule has 0 aliphatic carbocycles. The largest absolute Gasteiger partial charge is 0.504 e. The lowest BCUT2D eigenvalue weighted by molar-refractivity contribution is -0.385. The van der Waals surface area contributed by atoms with Crippen LogP contribution in [0, 0.1) is 17.0 Å². The molecule has 0 spiro atoms. The normalized spacial score (nSPS) is 11.8. The Bertz CT molecular complexity index is 865. The Morgan fingerprint density at radius 1 is 1.33 bits per heavy atom. The molecular formula is C18H20N4O5. The molecule has 2 rings (SSSR count). The van der Waals surface area contributed by atoms with E-state index in [-0.39, 0.29) is 22.7 Å². The number of rotatable bonds is 7. The summed E-state index contributed by atoms with van der Waals surface area (Å²) in [5.74, 6) is -0.790. The summed E-state index contributed by atoms with van der Waals surface area (Å²) in [4.78, 5) is 22.4. The third kappa shape index (κ3) is 5.18. The molecule has 1 atom stereocenters. The van der Waals surface area contributed by atoms with Crippen molar-refractivity contribution in [3.8, 4) is 11.5 Å². The number of hydrogen-bond donors (Lipinski definition) is 3. The first-order valence-electron chi connectivity index (χ1n) is 8.03. The molecule has 9 heteroatoms. The molecule has 0 fully saturated rings. The van der Waals surface area contributed by atoms with Gasteiger partial charge < -0.3 is 15.2 Å². The lowest BCUT2D eigenvalue weighted by Crippen LogP contribution is -2.34. The minimum absolute atomic E-state index is 0.0421. The number of nitro benzene ring substituents is 1. The molecule has 3 N–H and O–H groups in total. The first kappa shape index (κ1) is 19.7. The Labute approximate surface area is 155 Å². The Balaban J connectivity index is 2.05. The molecule has 1 unspecified atom stereocenters. The number of aromatic hydroxyl groups is 1. The van der Waals surface area contributed by atoms with Crippen LogP contribution in [-0.2, 0) is 4.79 Å². The predicted molar refractivity (Wildman–Crippen MR) is 101 cm³/mol. The number of carbonyl (C=O) groups excluding carboxylic acids is 1. The number of phenolic OH excluding ortho intramolecular Hbond substituents is 1. The van der Waals surface area contributed by atoms with E-state index >= 15 is 0 Å². The molecule has 2 aromatic rings. The van der Waals surface area contributed by atoms with E-state index in [2.05, 4.69) is 15.8 Å². The number of hydrazone groups is 1. The summed E-state index contributed by atoms with van der Waals surface area (Å²) in [5.41, 5.74) is 3.98. The standard InChI is InChI=1S/C18H20N4O5/c1-11-4-6-14(7-5-11)20-12(2)18(24)21-19-10-13-8-15(22(25)26)9-16(27-3)17(13)23/h4-10,12,20,23H,1-3H3,(H,21,24). The van der Waals surface area contributed by atoms with Gasteiger partial charge in [0.05, 0.1) is 24.3 Å². The molecule has 0 bridgehead atoms. The number of nitrogens with one attached hydrogen (secondary N) is 2. The number of anilines is 1. The molecule has 0 aliphatic rings. The van der Waals surface area contributed by atoms with Crippen molar-refractivity contribution >= 4 is 23.5 Å². The SMILES string of the molecule is COc1cc([N+](=O)[O-])cc(C=NNC(=O)C(C)Nc2ccc(C)cc2)c1O. The van der Waals surface area contributed by atoms with Gasteiger partial charge in [-0.1, -0.05) is 17.7 Å². The second-order valence-electron chi connectivity index (χ2n) is 5.81. The Hall–Kier alpha value is -3.62. The van der Waals surface area contributed by atoms with Crippen molar-refractivity contribution in [2.24, 2.45) is 5.10 Å². The summed E-state index contributed by atoms with van der Waals surface area (Å²) in [7, 11) is 1.28. The van der Waals surface area contributed by atoms with Gasteiger partial charge in [-0.25, -0.2) is 5.43 Å². The predicted octanol–water partition coefficient (Wildman–Crippen LogP) is 2.57. The van der Waals surface area contributed by atoms with E-state index in [9.17, 15) is 20.0 Å². The number of benzene rings is 2. The molecule has 0 saturated carbocycles. The Morgan fingerprint density at radius 3 is 2.59 bits per heavy atom. The van der Waals surface area contributed by atoms with Crippen LogP contribution in [0.5, 0.6) is 11.5 Å². The van der Waals surface area contributed by atoms with E-state index < -0.39 is 16.9 Å². The van der Waals surface area contributed by atoms with Gasteiger partial charge in [0.25, 0.3) is 11.6 Å². The summed E-state index contributed by atoms with van der Waals surface area (Å²) < 4.78 is 4.90. The van der Waals surface area contributed by atoms with E-state index in [0.29, 0.717) is 0 Å². The second-order valence-corrected chi connectivity index (χ2v) is 5.81. The van der Waals surface area contributed by atoms with E-state index in [1.54, 1.807) is 6.92 Å². The van der Waals surface area contributed by atoms with Crippen molar-refractivity contribution in [1.29, 1.82) is 0 Å². The number of non-ortho nitro benzene ring substituents is 1. The highest BCUT2D eigenvalue weighted by atomic mass is 16.6. The van der Waals surface area contributed by atoms with Crippen molar-refractivity contribution < 1.29 is 19.6 Å². The van der Waals surface area contributed by atoms with Gasteiger partial charge in [-0.2, -0.15) is 5.10 Å². The van der Waals surface area contributed by atoms with Crippen molar-refractivity contribution in [3.63, 3.8) is 0 Å². The van der Waals surface area contributed by atoms with Gasteiger partial charge in [0.15, 0.2) is 11.5 Å². The van der Waals surface area contributed by atoms with E-state index in [4.69, 9.17) is 4.74 Å². The molecule has 27 heavy (non-hydrogen) atoms. The number of nitro groups is 1. The molecule has 9 nitrogen and oxygen atoms in total. The molecule has 0 aromatic heterocycles. The van der Waals surface area contributed by atoms with Crippen LogP contribution < -0.4 is 15.5 Å². The van der Waals surface area contributed by atoms with Crippen LogP contribution >= 0.6 is 0 Å². The second kappa shape index (κ2) is 8.65. The fourth-order valence-corrected chi connectivity index (χ4v) is 2.20. The van der Waals surface area contributed by atoms with Gasteiger partial charge in [-0.3, -0.25) is 14.9 Å². The van der Waals surface area contributed by atoms with Crippen molar-refractivity contribution in [1.82, 2.24) is 5.43 Å². The van der Waals surface area contributed by atoms with Crippen LogP contribution in [0.25, 0.3) is 0 Å². The lowest BCUT2D eigenvalue weighted by Gasteiger charge is -2.13. The minimum Gasteiger partial charge on any atom is -0.504 e. The molecule has 2 aromatic carbocycles. The van der Waals surface area contributed by atoms with Gasteiger partial charge in [-0.05, 0) is 26.0 Å². The molecule has 0 saturated heterocycles. The van der Waals surface area contributed by atoms with Crippen LogP contribution in [0.15, 0.2) is 41.5 Å². The van der Waals surface area contributed by atoms with Crippen molar-refractivity contribution in [3.05, 3.63) is 57.6 Å². The van der Waals surface area contributed by atoms with Crippen LogP contribution in [0.4, 0.5) is 11.4 Å².